The SMILES string of the molecule is CC(C)CN(CC(C)C)C(=O)c1ccc(-n2cccc2)cc1. The van der Waals surface area contributed by atoms with Crippen LogP contribution in [0.3, 0.4) is 0 Å². The van der Waals surface area contributed by atoms with Crippen LogP contribution in [0.4, 0.5) is 0 Å². The van der Waals surface area contributed by atoms with Gasteiger partial charge in [0.25, 0.3) is 5.91 Å². The van der Waals surface area contributed by atoms with Crippen molar-refractivity contribution in [2.45, 2.75) is 27.7 Å². The Morgan fingerprint density at radius 1 is 0.955 bits per heavy atom. The number of nitrogens with zero attached hydrogens (tertiary/aromatic N) is 2. The van der Waals surface area contributed by atoms with Crippen LogP contribution in [0.1, 0.15) is 38.1 Å². The number of benzene rings is 1. The molecule has 2 rings (SSSR count). The van der Waals surface area contributed by atoms with Gasteiger partial charge in [-0.05, 0) is 48.2 Å². The molecule has 0 atom stereocenters. The van der Waals surface area contributed by atoms with Crippen LogP contribution in [-0.4, -0.2) is 28.5 Å². The van der Waals surface area contributed by atoms with Crippen molar-refractivity contribution in [2.24, 2.45) is 11.8 Å². The van der Waals surface area contributed by atoms with Crippen molar-refractivity contribution < 1.29 is 4.79 Å². The minimum atomic E-state index is 0.126. The summed E-state index contributed by atoms with van der Waals surface area (Å²) >= 11 is 0. The molecule has 0 saturated carbocycles. The van der Waals surface area contributed by atoms with E-state index in [1.807, 2.05) is 58.3 Å². The average molecular weight is 298 g/mol. The van der Waals surface area contributed by atoms with Crippen LogP contribution >= 0.6 is 0 Å². The zero-order valence-corrected chi connectivity index (χ0v) is 14.0. The molecule has 3 nitrogen and oxygen atoms in total. The van der Waals surface area contributed by atoms with Crippen LogP contribution in [0, 0.1) is 11.8 Å². The number of amides is 1. The largest absolute Gasteiger partial charge is 0.338 e. The van der Waals surface area contributed by atoms with E-state index >= 15 is 0 Å². The molecule has 1 aromatic heterocycles. The summed E-state index contributed by atoms with van der Waals surface area (Å²) in [5.41, 5.74) is 1.83. The van der Waals surface area contributed by atoms with Crippen molar-refractivity contribution in [3.63, 3.8) is 0 Å². The van der Waals surface area contributed by atoms with E-state index in [1.54, 1.807) is 0 Å². The Hall–Kier alpha value is -2.03. The van der Waals surface area contributed by atoms with Gasteiger partial charge >= 0.3 is 0 Å². The summed E-state index contributed by atoms with van der Waals surface area (Å²) in [4.78, 5) is 14.7. The number of carbonyl (C=O) groups is 1. The molecule has 0 aliphatic heterocycles. The third kappa shape index (κ3) is 4.23. The fourth-order valence-corrected chi connectivity index (χ4v) is 2.59. The summed E-state index contributed by atoms with van der Waals surface area (Å²) in [7, 11) is 0. The van der Waals surface area contributed by atoms with Gasteiger partial charge in [-0.3, -0.25) is 4.79 Å². The molecule has 1 aromatic carbocycles. The van der Waals surface area contributed by atoms with E-state index in [4.69, 9.17) is 0 Å². The van der Waals surface area contributed by atoms with Crippen LogP contribution in [-0.2, 0) is 0 Å². The van der Waals surface area contributed by atoms with E-state index in [-0.39, 0.29) is 5.91 Å². The molecular weight excluding hydrogens is 272 g/mol. The zero-order valence-electron chi connectivity index (χ0n) is 14.0. The van der Waals surface area contributed by atoms with Crippen LogP contribution in [0.15, 0.2) is 48.8 Å². The normalized spacial score (nSPS) is 11.2. The zero-order chi connectivity index (χ0) is 16.1. The summed E-state index contributed by atoms with van der Waals surface area (Å²) in [6, 6.07) is 11.8. The highest BCUT2D eigenvalue weighted by atomic mass is 16.2. The lowest BCUT2D eigenvalue weighted by molar-refractivity contribution is 0.0715. The van der Waals surface area contributed by atoms with Crippen LogP contribution < -0.4 is 0 Å². The van der Waals surface area contributed by atoms with Gasteiger partial charge < -0.3 is 9.47 Å². The van der Waals surface area contributed by atoms with E-state index in [0.717, 1.165) is 24.3 Å². The molecule has 0 aliphatic rings. The average Bonchev–Trinajstić information content (AvgIpc) is 2.99. The second kappa shape index (κ2) is 7.30. The highest BCUT2D eigenvalue weighted by Crippen LogP contribution is 2.14. The lowest BCUT2D eigenvalue weighted by Gasteiger charge is -2.26. The third-order valence-electron chi connectivity index (χ3n) is 3.48. The fraction of sp³-hybridized carbons (Fsp3) is 0.421. The number of aromatic nitrogens is 1. The van der Waals surface area contributed by atoms with Gasteiger partial charge in [-0.1, -0.05) is 27.7 Å². The summed E-state index contributed by atoms with van der Waals surface area (Å²) < 4.78 is 2.04. The van der Waals surface area contributed by atoms with Crippen LogP contribution in [0.25, 0.3) is 5.69 Å². The molecule has 118 valence electrons. The fourth-order valence-electron chi connectivity index (χ4n) is 2.59. The summed E-state index contributed by atoms with van der Waals surface area (Å²) in [6.45, 7) is 10.2. The van der Waals surface area contributed by atoms with Gasteiger partial charge in [0.1, 0.15) is 0 Å². The number of hydrogen-bond acceptors (Lipinski definition) is 1. The first-order valence-electron chi connectivity index (χ1n) is 8.00. The maximum atomic E-state index is 12.7. The minimum absolute atomic E-state index is 0.126. The molecule has 2 aromatic rings. The number of hydrogen-bond donors (Lipinski definition) is 0. The quantitative estimate of drug-likeness (QED) is 0.783. The second-order valence-corrected chi connectivity index (χ2v) is 6.64. The highest BCUT2D eigenvalue weighted by molar-refractivity contribution is 5.94. The van der Waals surface area contributed by atoms with Crippen molar-refractivity contribution >= 4 is 5.91 Å². The van der Waals surface area contributed by atoms with Gasteiger partial charge in [-0.25, -0.2) is 0 Å². The molecule has 0 radical (unpaired) electrons. The molecular formula is C19H26N2O. The Bertz CT molecular complexity index is 572. The first-order chi connectivity index (χ1) is 10.5. The maximum absolute atomic E-state index is 12.7. The maximum Gasteiger partial charge on any atom is 0.253 e. The predicted octanol–water partition coefficient (Wildman–Crippen LogP) is 4.23. The Labute approximate surface area is 133 Å². The lowest BCUT2D eigenvalue weighted by atomic mass is 10.1. The first-order valence-corrected chi connectivity index (χ1v) is 8.00. The smallest absolute Gasteiger partial charge is 0.253 e. The number of rotatable bonds is 6. The standard InChI is InChI=1S/C19H26N2O/c1-15(2)13-21(14-16(3)4)19(22)17-7-9-18(10-8-17)20-11-5-6-12-20/h5-12,15-16H,13-14H2,1-4H3. The van der Waals surface area contributed by atoms with Crippen molar-refractivity contribution in [2.75, 3.05) is 13.1 Å². The van der Waals surface area contributed by atoms with Crippen molar-refractivity contribution in [1.29, 1.82) is 0 Å². The van der Waals surface area contributed by atoms with Crippen LogP contribution in [0.5, 0.6) is 0 Å². The third-order valence-corrected chi connectivity index (χ3v) is 3.48. The molecule has 0 bridgehead atoms. The monoisotopic (exact) mass is 298 g/mol. The molecule has 0 N–H and O–H groups in total. The molecule has 3 heteroatoms. The summed E-state index contributed by atoms with van der Waals surface area (Å²) in [6.07, 6.45) is 4.00. The van der Waals surface area contributed by atoms with Crippen molar-refractivity contribution in [1.82, 2.24) is 9.47 Å². The van der Waals surface area contributed by atoms with E-state index < -0.39 is 0 Å². The topological polar surface area (TPSA) is 25.2 Å². The van der Waals surface area contributed by atoms with Gasteiger partial charge in [-0.2, -0.15) is 0 Å². The van der Waals surface area contributed by atoms with Crippen molar-refractivity contribution in [3.8, 4) is 5.69 Å². The van der Waals surface area contributed by atoms with Crippen molar-refractivity contribution in [3.05, 3.63) is 54.4 Å². The predicted molar refractivity (Wildman–Crippen MR) is 91.3 cm³/mol. The van der Waals surface area contributed by atoms with Crippen LogP contribution in [0.2, 0.25) is 0 Å². The number of carbonyl (C=O) groups excluding carboxylic acids is 1. The Morgan fingerprint density at radius 2 is 1.45 bits per heavy atom. The molecule has 0 unspecified atom stereocenters. The van der Waals surface area contributed by atoms with Gasteiger partial charge in [0, 0.05) is 36.7 Å². The molecule has 0 spiro atoms. The Balaban J connectivity index is 2.15. The molecule has 0 aliphatic carbocycles. The first kappa shape index (κ1) is 16.3. The lowest BCUT2D eigenvalue weighted by Crippen LogP contribution is -2.37. The molecule has 1 heterocycles. The minimum Gasteiger partial charge on any atom is -0.338 e. The van der Waals surface area contributed by atoms with E-state index in [9.17, 15) is 4.79 Å². The van der Waals surface area contributed by atoms with Gasteiger partial charge in [-0.15, -0.1) is 0 Å². The van der Waals surface area contributed by atoms with Gasteiger partial charge in [0.2, 0.25) is 0 Å². The molecule has 1 amide bonds. The van der Waals surface area contributed by atoms with Gasteiger partial charge in [0.05, 0.1) is 0 Å². The molecule has 22 heavy (non-hydrogen) atoms. The van der Waals surface area contributed by atoms with Gasteiger partial charge in [0.15, 0.2) is 0 Å². The second-order valence-electron chi connectivity index (χ2n) is 6.64. The van der Waals surface area contributed by atoms with E-state index in [0.29, 0.717) is 11.8 Å². The Kier molecular flexibility index (Phi) is 5.42. The van der Waals surface area contributed by atoms with E-state index in [2.05, 4.69) is 27.7 Å². The highest BCUT2D eigenvalue weighted by Gasteiger charge is 2.17. The van der Waals surface area contributed by atoms with E-state index in [1.165, 1.54) is 0 Å². The Morgan fingerprint density at radius 3 is 1.91 bits per heavy atom. The molecule has 0 saturated heterocycles. The molecule has 0 fully saturated rings. The summed E-state index contributed by atoms with van der Waals surface area (Å²) in [5, 5.41) is 0. The summed E-state index contributed by atoms with van der Waals surface area (Å²) in [5.74, 6) is 1.07.